The van der Waals surface area contributed by atoms with E-state index in [1.54, 1.807) is 25.6 Å². The Labute approximate surface area is 158 Å². The summed E-state index contributed by atoms with van der Waals surface area (Å²) in [7, 11) is 3.41. The average Bonchev–Trinajstić information content (AvgIpc) is 3.06. The number of thiazole rings is 1. The molecular weight excluding hydrogens is 344 g/mol. The predicted molar refractivity (Wildman–Crippen MR) is 107 cm³/mol. The van der Waals surface area contributed by atoms with Crippen molar-refractivity contribution in [2.75, 3.05) is 20.8 Å². The van der Waals surface area contributed by atoms with Gasteiger partial charge in [0.1, 0.15) is 5.75 Å². The molecule has 3 aromatic rings. The molecule has 26 heavy (non-hydrogen) atoms. The van der Waals surface area contributed by atoms with E-state index in [0.717, 1.165) is 35.8 Å². The number of methoxy groups -OCH3 is 2. The molecule has 2 aromatic carbocycles. The number of hydrogen-bond acceptors (Lipinski definition) is 4. The summed E-state index contributed by atoms with van der Waals surface area (Å²) in [5, 5.41) is 2.18. The summed E-state index contributed by atoms with van der Waals surface area (Å²) >= 11 is 1.66. The molecule has 0 aliphatic carbocycles. The summed E-state index contributed by atoms with van der Waals surface area (Å²) in [5.41, 5.74) is 4.58. The molecular formula is C21H24N2O2S. The van der Waals surface area contributed by atoms with Gasteiger partial charge in [0.05, 0.1) is 18.5 Å². The van der Waals surface area contributed by atoms with Crippen molar-refractivity contribution in [2.24, 2.45) is 4.99 Å². The Bertz CT molecular complexity index is 893. The van der Waals surface area contributed by atoms with Crippen molar-refractivity contribution in [3.05, 3.63) is 64.3 Å². The number of hydrogen-bond donors (Lipinski definition) is 0. The number of benzene rings is 2. The zero-order valence-corrected chi connectivity index (χ0v) is 16.3. The van der Waals surface area contributed by atoms with Crippen LogP contribution in [0.3, 0.4) is 0 Å². The summed E-state index contributed by atoms with van der Waals surface area (Å²) in [6.45, 7) is 3.71. The molecule has 0 unspecified atom stereocenters. The summed E-state index contributed by atoms with van der Waals surface area (Å²) in [6.07, 6.45) is 0.946. The normalized spacial score (nSPS) is 11.7. The van der Waals surface area contributed by atoms with E-state index in [9.17, 15) is 0 Å². The fourth-order valence-corrected chi connectivity index (χ4v) is 3.68. The second-order valence-electron chi connectivity index (χ2n) is 6.08. The van der Waals surface area contributed by atoms with Crippen molar-refractivity contribution in [1.82, 2.24) is 4.57 Å². The third-order valence-corrected chi connectivity index (χ3v) is 5.04. The number of aryl methyl sites for hydroxylation is 1. The van der Waals surface area contributed by atoms with Gasteiger partial charge in [-0.1, -0.05) is 29.8 Å². The Kier molecular flexibility index (Phi) is 6.26. The van der Waals surface area contributed by atoms with E-state index in [1.165, 1.54) is 16.8 Å². The first kappa shape index (κ1) is 18.4. The minimum atomic E-state index is 0.734. The van der Waals surface area contributed by atoms with Crippen LogP contribution >= 0.6 is 11.3 Å². The van der Waals surface area contributed by atoms with Crippen LogP contribution in [0.15, 0.2) is 58.9 Å². The summed E-state index contributed by atoms with van der Waals surface area (Å²) in [6, 6.07) is 16.4. The molecule has 0 radical (unpaired) electrons. The van der Waals surface area contributed by atoms with Crippen molar-refractivity contribution in [2.45, 2.75) is 19.9 Å². The molecule has 3 rings (SSSR count). The van der Waals surface area contributed by atoms with Crippen LogP contribution < -0.4 is 9.54 Å². The molecule has 5 heteroatoms. The highest BCUT2D eigenvalue weighted by Gasteiger charge is 2.08. The van der Waals surface area contributed by atoms with Crippen molar-refractivity contribution < 1.29 is 9.47 Å². The average molecular weight is 369 g/mol. The van der Waals surface area contributed by atoms with Crippen molar-refractivity contribution in [3.63, 3.8) is 0 Å². The van der Waals surface area contributed by atoms with Gasteiger partial charge in [0.25, 0.3) is 0 Å². The first-order valence-electron chi connectivity index (χ1n) is 8.64. The van der Waals surface area contributed by atoms with E-state index in [2.05, 4.69) is 41.1 Å². The van der Waals surface area contributed by atoms with Gasteiger partial charge < -0.3 is 14.0 Å². The predicted octanol–water partition coefficient (Wildman–Crippen LogP) is 4.80. The Morgan fingerprint density at radius 3 is 2.38 bits per heavy atom. The van der Waals surface area contributed by atoms with E-state index in [0.29, 0.717) is 0 Å². The molecule has 1 aromatic heterocycles. The van der Waals surface area contributed by atoms with Crippen molar-refractivity contribution >= 4 is 17.0 Å². The van der Waals surface area contributed by atoms with E-state index in [4.69, 9.17) is 14.5 Å². The Balaban J connectivity index is 2.00. The maximum absolute atomic E-state index is 5.23. The van der Waals surface area contributed by atoms with Gasteiger partial charge in [-0.3, -0.25) is 0 Å². The SMILES string of the molecule is COCCCn1c(-c2ccc(C)cc2)csc1=Nc1ccc(OC)cc1. The zero-order chi connectivity index (χ0) is 18.4. The highest BCUT2D eigenvalue weighted by atomic mass is 32.1. The first-order valence-corrected chi connectivity index (χ1v) is 9.52. The topological polar surface area (TPSA) is 35.8 Å². The van der Waals surface area contributed by atoms with Crippen LogP contribution in [0.1, 0.15) is 12.0 Å². The molecule has 0 N–H and O–H groups in total. The Morgan fingerprint density at radius 1 is 1.00 bits per heavy atom. The molecule has 0 saturated carbocycles. The van der Waals surface area contributed by atoms with Crippen LogP contribution in [-0.4, -0.2) is 25.4 Å². The maximum Gasteiger partial charge on any atom is 0.190 e. The molecule has 0 aliphatic heterocycles. The van der Waals surface area contributed by atoms with Gasteiger partial charge in [0.2, 0.25) is 0 Å². The van der Waals surface area contributed by atoms with Gasteiger partial charge in [-0.2, -0.15) is 0 Å². The van der Waals surface area contributed by atoms with Crippen molar-refractivity contribution in [3.8, 4) is 17.0 Å². The van der Waals surface area contributed by atoms with Crippen molar-refractivity contribution in [1.29, 1.82) is 0 Å². The molecule has 0 spiro atoms. The lowest BCUT2D eigenvalue weighted by molar-refractivity contribution is 0.190. The summed E-state index contributed by atoms with van der Waals surface area (Å²) in [4.78, 5) is 5.83. The number of nitrogens with zero attached hydrogens (tertiary/aromatic N) is 2. The van der Waals surface area contributed by atoms with E-state index in [-0.39, 0.29) is 0 Å². The number of rotatable bonds is 7. The summed E-state index contributed by atoms with van der Waals surface area (Å²) in [5.74, 6) is 0.837. The first-order chi connectivity index (χ1) is 12.7. The van der Waals surface area contributed by atoms with Crippen LogP contribution in [-0.2, 0) is 11.3 Å². The molecule has 0 saturated heterocycles. The van der Waals surface area contributed by atoms with E-state index < -0.39 is 0 Å². The van der Waals surface area contributed by atoms with Gasteiger partial charge in [-0.05, 0) is 43.2 Å². The highest BCUT2D eigenvalue weighted by molar-refractivity contribution is 7.07. The second kappa shape index (κ2) is 8.83. The minimum absolute atomic E-state index is 0.734. The third kappa shape index (κ3) is 4.42. The maximum atomic E-state index is 5.23. The molecule has 136 valence electrons. The molecule has 0 atom stereocenters. The minimum Gasteiger partial charge on any atom is -0.497 e. The standard InChI is InChI=1S/C21H24N2O2S/c1-16-5-7-17(8-6-16)20-15-26-21(23(20)13-4-14-24-2)22-18-9-11-19(25-3)12-10-18/h5-12,15H,4,13-14H2,1-3H3. The van der Waals surface area contributed by atoms with Gasteiger partial charge >= 0.3 is 0 Å². The smallest absolute Gasteiger partial charge is 0.190 e. The quantitative estimate of drug-likeness (QED) is 0.562. The fraction of sp³-hybridized carbons (Fsp3) is 0.286. The van der Waals surface area contributed by atoms with Crippen LogP contribution in [0.2, 0.25) is 0 Å². The van der Waals surface area contributed by atoms with Gasteiger partial charge in [-0.15, -0.1) is 11.3 Å². The fourth-order valence-electron chi connectivity index (χ4n) is 2.72. The van der Waals surface area contributed by atoms with Gasteiger partial charge in [0.15, 0.2) is 4.80 Å². The number of ether oxygens (including phenoxy) is 2. The Morgan fingerprint density at radius 2 is 1.73 bits per heavy atom. The molecule has 0 bridgehead atoms. The van der Waals surface area contributed by atoms with Crippen LogP contribution in [0.5, 0.6) is 5.75 Å². The molecule has 4 nitrogen and oxygen atoms in total. The van der Waals surface area contributed by atoms with Gasteiger partial charge in [-0.25, -0.2) is 4.99 Å². The third-order valence-electron chi connectivity index (χ3n) is 4.17. The molecule has 0 fully saturated rings. The highest BCUT2D eigenvalue weighted by Crippen LogP contribution is 2.22. The van der Waals surface area contributed by atoms with Gasteiger partial charge in [0, 0.05) is 25.6 Å². The molecule has 0 aliphatic rings. The largest absolute Gasteiger partial charge is 0.497 e. The van der Waals surface area contributed by atoms with E-state index in [1.807, 2.05) is 24.3 Å². The number of aromatic nitrogens is 1. The van der Waals surface area contributed by atoms with Crippen LogP contribution in [0.4, 0.5) is 5.69 Å². The monoisotopic (exact) mass is 368 g/mol. The molecule has 1 heterocycles. The lowest BCUT2D eigenvalue weighted by Gasteiger charge is -2.09. The molecule has 0 amide bonds. The lowest BCUT2D eigenvalue weighted by atomic mass is 10.1. The summed E-state index contributed by atoms with van der Waals surface area (Å²) < 4.78 is 12.7. The van der Waals surface area contributed by atoms with Crippen LogP contribution in [0.25, 0.3) is 11.3 Å². The lowest BCUT2D eigenvalue weighted by Crippen LogP contribution is -2.17. The second-order valence-corrected chi connectivity index (χ2v) is 6.91. The zero-order valence-electron chi connectivity index (χ0n) is 15.4. The van der Waals surface area contributed by atoms with Crippen LogP contribution in [0, 0.1) is 6.92 Å². The van der Waals surface area contributed by atoms with E-state index >= 15 is 0 Å². The Hall–Kier alpha value is -2.37.